The second-order valence-corrected chi connectivity index (χ2v) is 11.1. The lowest BCUT2D eigenvalue weighted by Crippen LogP contribution is -2.47. The molecule has 1 aliphatic carbocycles. The molecule has 1 aliphatic heterocycles. The highest BCUT2D eigenvalue weighted by Gasteiger charge is 2.44. The quantitative estimate of drug-likeness (QED) is 0.362. The van der Waals surface area contributed by atoms with Crippen molar-refractivity contribution in [2.24, 2.45) is 17.6 Å². The number of aromatic nitrogens is 1. The van der Waals surface area contributed by atoms with Crippen LogP contribution in [0, 0.1) is 11.8 Å². The first-order chi connectivity index (χ1) is 19.3. The largest absolute Gasteiger partial charge is 0.497 e. The molecule has 0 radical (unpaired) electrons. The number of amides is 1. The number of fused-ring (bicyclic) bond motifs is 1. The number of hydrogen-bond acceptors (Lipinski definition) is 5. The molecular formula is C31H36FN3O5. The zero-order valence-corrected chi connectivity index (χ0v) is 22.6. The van der Waals surface area contributed by atoms with Crippen LogP contribution in [0.25, 0.3) is 10.9 Å². The number of carbonyl (C=O) groups excluding carboxylic acids is 2. The number of likely N-dealkylation sites (tertiary alicyclic amines) is 1. The van der Waals surface area contributed by atoms with Gasteiger partial charge in [-0.15, -0.1) is 0 Å². The number of Topliss-reactive ketones (excluding diaryl/α,β-unsaturated/α-hetero) is 1. The average molecular weight is 550 g/mol. The van der Waals surface area contributed by atoms with E-state index in [-0.39, 0.29) is 41.6 Å². The Labute approximate surface area is 232 Å². The molecule has 0 bridgehead atoms. The molecule has 1 amide bonds. The molecule has 0 unspecified atom stereocenters. The van der Waals surface area contributed by atoms with Crippen LogP contribution in [-0.4, -0.2) is 65.1 Å². The maximum absolute atomic E-state index is 14.0. The molecule has 3 atom stereocenters. The number of H-pyrrole nitrogens is 1. The highest BCUT2D eigenvalue weighted by atomic mass is 19.1. The number of hydrogen-bond donors (Lipinski definition) is 3. The lowest BCUT2D eigenvalue weighted by Gasteiger charge is -2.35. The Bertz CT molecular complexity index is 1380. The maximum atomic E-state index is 14.0. The number of halogens is 1. The zero-order chi connectivity index (χ0) is 28.4. The standard InChI is InChI=1S/C31H36FN3O5/c1-40-23-9-7-19(8-10-23)24-12-13-35(30(37)21-5-3-20(4-6-21)25(33)17-32)29(24)28(36)15-18-2-11-26-22(14-18)16-27(34-26)31(38)39/h2,7-11,14,16,20-21,24-25,29,34H,3-6,12-13,15,17,33H2,1H3,(H,38,39)/t20?,21?,24-,25-,29+/m1/s1. The van der Waals surface area contributed by atoms with E-state index in [0.29, 0.717) is 44.2 Å². The van der Waals surface area contributed by atoms with E-state index in [1.165, 1.54) is 0 Å². The third kappa shape index (κ3) is 5.61. The van der Waals surface area contributed by atoms with E-state index in [4.69, 9.17) is 10.5 Å². The van der Waals surface area contributed by atoms with Crippen molar-refractivity contribution in [1.82, 2.24) is 9.88 Å². The second-order valence-electron chi connectivity index (χ2n) is 11.1. The summed E-state index contributed by atoms with van der Waals surface area (Å²) in [5, 5.41) is 10.0. The molecule has 8 nitrogen and oxygen atoms in total. The fraction of sp³-hybridized carbons (Fsp3) is 0.452. The average Bonchev–Trinajstić information content (AvgIpc) is 3.61. The van der Waals surface area contributed by atoms with Gasteiger partial charge < -0.3 is 25.5 Å². The molecule has 5 rings (SSSR count). The van der Waals surface area contributed by atoms with E-state index in [9.17, 15) is 23.9 Å². The van der Waals surface area contributed by atoms with Crippen LogP contribution >= 0.6 is 0 Å². The van der Waals surface area contributed by atoms with Crippen molar-refractivity contribution in [3.05, 3.63) is 65.4 Å². The molecule has 9 heteroatoms. The first-order valence-corrected chi connectivity index (χ1v) is 13.9. The molecule has 40 heavy (non-hydrogen) atoms. The van der Waals surface area contributed by atoms with Gasteiger partial charge >= 0.3 is 5.97 Å². The zero-order valence-electron chi connectivity index (χ0n) is 22.6. The highest BCUT2D eigenvalue weighted by molar-refractivity contribution is 5.95. The Kier molecular flexibility index (Phi) is 8.21. The Morgan fingerprint density at radius 1 is 1.07 bits per heavy atom. The molecule has 212 valence electrons. The number of aromatic carboxylic acids is 1. The van der Waals surface area contributed by atoms with E-state index in [0.717, 1.165) is 22.3 Å². The lowest BCUT2D eigenvalue weighted by atomic mass is 9.78. The molecule has 1 aromatic heterocycles. The third-order valence-corrected chi connectivity index (χ3v) is 8.75. The minimum atomic E-state index is -1.04. The lowest BCUT2D eigenvalue weighted by molar-refractivity contribution is -0.142. The van der Waals surface area contributed by atoms with E-state index < -0.39 is 24.7 Å². The number of methoxy groups -OCH3 is 1. The Morgan fingerprint density at radius 3 is 2.45 bits per heavy atom. The Morgan fingerprint density at radius 2 is 1.80 bits per heavy atom. The van der Waals surface area contributed by atoms with Gasteiger partial charge in [-0.3, -0.25) is 9.59 Å². The van der Waals surface area contributed by atoms with Crippen LogP contribution in [0.15, 0.2) is 48.5 Å². The fourth-order valence-electron chi connectivity index (χ4n) is 6.51. The minimum Gasteiger partial charge on any atom is -0.497 e. The van der Waals surface area contributed by atoms with Gasteiger partial charge in [0.15, 0.2) is 5.78 Å². The van der Waals surface area contributed by atoms with Gasteiger partial charge in [-0.1, -0.05) is 18.2 Å². The van der Waals surface area contributed by atoms with E-state index in [1.807, 2.05) is 36.4 Å². The summed E-state index contributed by atoms with van der Waals surface area (Å²) in [6, 6.07) is 13.6. The van der Waals surface area contributed by atoms with Gasteiger partial charge in [0.25, 0.3) is 0 Å². The van der Waals surface area contributed by atoms with Gasteiger partial charge in [0.05, 0.1) is 13.2 Å². The number of nitrogens with one attached hydrogen (secondary N) is 1. The Balaban J connectivity index is 1.38. The predicted octanol–water partition coefficient (Wildman–Crippen LogP) is 4.47. The summed E-state index contributed by atoms with van der Waals surface area (Å²) in [7, 11) is 1.60. The van der Waals surface area contributed by atoms with E-state index in [2.05, 4.69) is 4.98 Å². The molecule has 4 N–H and O–H groups in total. The fourth-order valence-corrected chi connectivity index (χ4v) is 6.51. The smallest absolute Gasteiger partial charge is 0.352 e. The summed E-state index contributed by atoms with van der Waals surface area (Å²) in [5.74, 6) is -0.630. The third-order valence-electron chi connectivity index (χ3n) is 8.75. The van der Waals surface area contributed by atoms with Gasteiger partial charge in [0, 0.05) is 41.7 Å². The summed E-state index contributed by atoms with van der Waals surface area (Å²) in [5.41, 5.74) is 8.45. The highest BCUT2D eigenvalue weighted by Crippen LogP contribution is 2.39. The monoisotopic (exact) mass is 549 g/mol. The number of carboxylic acids is 1. The number of alkyl halides is 1. The van der Waals surface area contributed by atoms with Crippen LogP contribution < -0.4 is 10.5 Å². The van der Waals surface area contributed by atoms with Crippen molar-refractivity contribution in [2.75, 3.05) is 20.3 Å². The molecule has 2 aliphatic rings. The van der Waals surface area contributed by atoms with Gasteiger partial charge in [-0.2, -0.15) is 0 Å². The maximum Gasteiger partial charge on any atom is 0.352 e. The summed E-state index contributed by atoms with van der Waals surface area (Å²) >= 11 is 0. The Hall–Kier alpha value is -3.72. The van der Waals surface area contributed by atoms with Crippen LogP contribution in [0.5, 0.6) is 5.75 Å². The number of carbonyl (C=O) groups is 3. The number of ether oxygens (including phenoxy) is 1. The number of carboxylic acid groups (broad SMARTS) is 1. The topological polar surface area (TPSA) is 126 Å². The summed E-state index contributed by atoms with van der Waals surface area (Å²) in [6.07, 6.45) is 3.53. The van der Waals surface area contributed by atoms with E-state index >= 15 is 0 Å². The SMILES string of the molecule is COc1ccc([C@H]2CCN(C(=O)C3CCC([C@H](N)CF)CC3)[C@@H]2C(=O)Cc2ccc3[nH]c(C(=O)O)cc3c2)cc1. The van der Waals surface area contributed by atoms with Crippen molar-refractivity contribution in [1.29, 1.82) is 0 Å². The number of benzene rings is 2. The molecule has 1 saturated carbocycles. The van der Waals surface area contributed by atoms with Crippen LogP contribution in [0.4, 0.5) is 4.39 Å². The number of nitrogens with two attached hydrogens (primary N) is 1. The van der Waals surface area contributed by atoms with Crippen molar-refractivity contribution in [3.63, 3.8) is 0 Å². The molecule has 1 saturated heterocycles. The molecule has 0 spiro atoms. The van der Waals surface area contributed by atoms with Crippen molar-refractivity contribution in [3.8, 4) is 5.75 Å². The summed E-state index contributed by atoms with van der Waals surface area (Å²) in [6.45, 7) is -0.0592. The molecular weight excluding hydrogens is 513 g/mol. The van der Waals surface area contributed by atoms with E-state index in [1.54, 1.807) is 24.1 Å². The summed E-state index contributed by atoms with van der Waals surface area (Å²) < 4.78 is 18.4. The van der Waals surface area contributed by atoms with Crippen molar-refractivity contribution in [2.45, 2.75) is 56.5 Å². The normalized spacial score (nSPS) is 23.7. The molecule has 2 aromatic carbocycles. The van der Waals surface area contributed by atoms with Gasteiger partial charge in [-0.05, 0) is 79.5 Å². The van der Waals surface area contributed by atoms with Gasteiger partial charge in [0.1, 0.15) is 18.1 Å². The van der Waals surface area contributed by atoms with Crippen molar-refractivity contribution >= 4 is 28.6 Å². The minimum absolute atomic E-state index is 0.00572. The van der Waals surface area contributed by atoms with Crippen LogP contribution in [0.2, 0.25) is 0 Å². The predicted molar refractivity (Wildman–Crippen MR) is 149 cm³/mol. The molecule has 3 aromatic rings. The van der Waals surface area contributed by atoms with Crippen LogP contribution in [0.1, 0.15) is 59.6 Å². The second kappa shape index (κ2) is 11.8. The van der Waals surface area contributed by atoms with Crippen molar-refractivity contribution < 1.29 is 28.6 Å². The summed E-state index contributed by atoms with van der Waals surface area (Å²) in [4.78, 5) is 43.8. The van der Waals surface area contributed by atoms with Crippen LogP contribution in [-0.2, 0) is 16.0 Å². The molecule has 2 heterocycles. The van der Waals surface area contributed by atoms with Crippen LogP contribution in [0.3, 0.4) is 0 Å². The first-order valence-electron chi connectivity index (χ1n) is 13.9. The number of aromatic amines is 1. The van der Waals surface area contributed by atoms with Gasteiger partial charge in [-0.25, -0.2) is 9.18 Å². The number of nitrogens with zero attached hydrogens (tertiary/aromatic N) is 1. The first kappa shape index (κ1) is 27.8. The number of ketones is 1. The molecule has 2 fully saturated rings. The van der Waals surface area contributed by atoms with Gasteiger partial charge in [0.2, 0.25) is 5.91 Å². The number of rotatable bonds is 9.